The smallest absolute Gasteiger partial charge is 0.314 e. The van der Waals surface area contributed by atoms with Crippen molar-refractivity contribution in [2.24, 2.45) is 5.41 Å². The number of hydrogen-bond donors (Lipinski definition) is 1. The Bertz CT molecular complexity index is 1140. The summed E-state index contributed by atoms with van der Waals surface area (Å²) in [6.07, 6.45) is -9.54. The molecule has 3 nitrogen and oxygen atoms in total. The van der Waals surface area contributed by atoms with Gasteiger partial charge in [0.25, 0.3) is 0 Å². The lowest BCUT2D eigenvalue weighted by Gasteiger charge is -2.43. The molecule has 0 saturated carbocycles. The Balaban J connectivity index is 2.14. The summed E-state index contributed by atoms with van der Waals surface area (Å²) in [5.74, 6) is -19.7. The third-order valence-electron chi connectivity index (χ3n) is 6.23. The largest absolute Gasteiger partial charge is 0.460 e. The highest BCUT2D eigenvalue weighted by atomic mass is 79.9. The van der Waals surface area contributed by atoms with Crippen molar-refractivity contribution in [1.82, 2.24) is 4.90 Å². The minimum Gasteiger partial charge on any atom is -0.314 e. The van der Waals surface area contributed by atoms with Gasteiger partial charge < -0.3 is 10.2 Å². The molecule has 1 atom stereocenters. The second-order valence-electron chi connectivity index (χ2n) is 9.79. The summed E-state index contributed by atoms with van der Waals surface area (Å²) in [5, 5.41) is 2.46. The van der Waals surface area contributed by atoms with E-state index in [0.29, 0.717) is 4.47 Å². The molecule has 0 bridgehead atoms. The standard InChI is InChI=1S/C24H22BrF9N2O/c1-19(2)12-20(15-7-4-3-5-8-15,13-21(26,27)22(28,29)23(30,31)24(32,33)34)36(14-19)18(37)35-17-10-6-9-16(25)11-17/h3-11H,12-14H2,1-2H3,(H,35,37). The van der Waals surface area contributed by atoms with E-state index in [1.807, 2.05) is 0 Å². The van der Waals surface area contributed by atoms with Gasteiger partial charge >= 0.3 is 30.0 Å². The van der Waals surface area contributed by atoms with Crippen LogP contribution in [-0.2, 0) is 5.54 Å². The van der Waals surface area contributed by atoms with Crippen LogP contribution in [0.2, 0.25) is 0 Å². The van der Waals surface area contributed by atoms with E-state index in [1.165, 1.54) is 56.3 Å². The fourth-order valence-corrected chi connectivity index (χ4v) is 5.10. The summed E-state index contributed by atoms with van der Waals surface area (Å²) in [6, 6.07) is 11.7. The van der Waals surface area contributed by atoms with Crippen LogP contribution in [0.4, 0.5) is 50.0 Å². The van der Waals surface area contributed by atoms with Gasteiger partial charge in [0.15, 0.2) is 0 Å². The van der Waals surface area contributed by atoms with Crippen LogP contribution in [-0.4, -0.2) is 41.4 Å². The number of halogens is 10. The van der Waals surface area contributed by atoms with Gasteiger partial charge in [0.1, 0.15) is 0 Å². The van der Waals surface area contributed by atoms with Crippen molar-refractivity contribution >= 4 is 27.6 Å². The number of nitrogens with zero attached hydrogens (tertiary/aromatic N) is 1. The lowest BCUT2D eigenvalue weighted by Crippen LogP contribution is -2.63. The van der Waals surface area contributed by atoms with Gasteiger partial charge in [-0.05, 0) is 35.6 Å². The molecule has 2 aromatic rings. The third-order valence-corrected chi connectivity index (χ3v) is 6.72. The number of rotatable bonds is 6. The molecule has 0 aromatic heterocycles. The highest BCUT2D eigenvalue weighted by Crippen LogP contribution is 2.59. The van der Waals surface area contributed by atoms with Crippen LogP contribution < -0.4 is 5.32 Å². The van der Waals surface area contributed by atoms with E-state index in [1.54, 1.807) is 12.1 Å². The molecule has 1 heterocycles. The Hall–Kier alpha value is -2.44. The predicted molar refractivity (Wildman–Crippen MR) is 122 cm³/mol. The fraction of sp³-hybridized carbons (Fsp3) is 0.458. The summed E-state index contributed by atoms with van der Waals surface area (Å²) in [6.45, 7) is 2.80. The van der Waals surface area contributed by atoms with Crippen LogP contribution in [0, 0.1) is 5.41 Å². The molecule has 0 aliphatic carbocycles. The first-order valence-corrected chi connectivity index (χ1v) is 11.7. The zero-order valence-corrected chi connectivity index (χ0v) is 21.0. The van der Waals surface area contributed by atoms with E-state index < -0.39 is 53.8 Å². The molecule has 2 amide bonds. The molecule has 1 aliphatic heterocycles. The van der Waals surface area contributed by atoms with Gasteiger partial charge in [0.2, 0.25) is 0 Å². The zero-order chi connectivity index (χ0) is 28.1. The quantitative estimate of drug-likeness (QED) is 0.330. The van der Waals surface area contributed by atoms with Crippen LogP contribution in [0.5, 0.6) is 0 Å². The molecular formula is C24H22BrF9N2O. The van der Waals surface area contributed by atoms with E-state index in [2.05, 4.69) is 21.2 Å². The second kappa shape index (κ2) is 9.39. The summed E-state index contributed by atoms with van der Waals surface area (Å²) in [4.78, 5) is 14.1. The molecule has 37 heavy (non-hydrogen) atoms. The highest BCUT2D eigenvalue weighted by molar-refractivity contribution is 9.10. The summed E-state index contributed by atoms with van der Waals surface area (Å²) >= 11 is 3.20. The first-order chi connectivity index (χ1) is 16.8. The van der Waals surface area contributed by atoms with E-state index in [4.69, 9.17) is 0 Å². The monoisotopic (exact) mass is 604 g/mol. The van der Waals surface area contributed by atoms with Gasteiger partial charge in [-0.3, -0.25) is 0 Å². The zero-order valence-electron chi connectivity index (χ0n) is 19.5. The SMILES string of the molecule is CC1(C)CN(C(=O)Nc2cccc(Br)c2)C(CC(F)(F)C(F)(F)C(F)(F)C(F)(F)F)(c2ccccc2)C1. The number of likely N-dealkylation sites (tertiary alicyclic amines) is 1. The van der Waals surface area contributed by atoms with Crippen molar-refractivity contribution in [3.63, 3.8) is 0 Å². The average molecular weight is 605 g/mol. The van der Waals surface area contributed by atoms with Crippen LogP contribution in [0.3, 0.4) is 0 Å². The van der Waals surface area contributed by atoms with Gasteiger partial charge in [-0.15, -0.1) is 0 Å². The third kappa shape index (κ3) is 5.28. The molecule has 3 rings (SSSR count). The molecule has 0 radical (unpaired) electrons. The maximum Gasteiger partial charge on any atom is 0.460 e. The predicted octanol–water partition coefficient (Wildman–Crippen LogP) is 8.47. The molecular weight excluding hydrogens is 583 g/mol. The van der Waals surface area contributed by atoms with Crippen LogP contribution in [0.25, 0.3) is 0 Å². The van der Waals surface area contributed by atoms with E-state index in [0.717, 1.165) is 4.90 Å². The van der Waals surface area contributed by atoms with Crippen LogP contribution >= 0.6 is 15.9 Å². The fourth-order valence-electron chi connectivity index (χ4n) is 4.70. The molecule has 1 N–H and O–H groups in total. The number of amides is 2. The van der Waals surface area contributed by atoms with Crippen molar-refractivity contribution in [3.8, 4) is 0 Å². The first kappa shape index (κ1) is 29.1. The number of alkyl halides is 9. The number of anilines is 1. The number of hydrogen-bond acceptors (Lipinski definition) is 1. The molecule has 13 heteroatoms. The van der Waals surface area contributed by atoms with Crippen molar-refractivity contribution in [2.45, 2.75) is 56.2 Å². The summed E-state index contributed by atoms with van der Waals surface area (Å²) < 4.78 is 125. The molecule has 1 saturated heterocycles. The van der Waals surface area contributed by atoms with Crippen LogP contribution in [0.15, 0.2) is 59.1 Å². The summed E-state index contributed by atoms with van der Waals surface area (Å²) in [7, 11) is 0. The lowest BCUT2D eigenvalue weighted by atomic mass is 9.75. The Kier molecular flexibility index (Phi) is 7.39. The second-order valence-corrected chi connectivity index (χ2v) is 10.7. The van der Waals surface area contributed by atoms with Gasteiger partial charge in [-0.1, -0.05) is 66.2 Å². The molecule has 1 unspecified atom stereocenters. The summed E-state index contributed by atoms with van der Waals surface area (Å²) in [5.41, 5.74) is -3.26. The minimum absolute atomic E-state index is 0.115. The van der Waals surface area contributed by atoms with Gasteiger partial charge in [-0.2, -0.15) is 39.5 Å². The van der Waals surface area contributed by atoms with Crippen molar-refractivity contribution in [2.75, 3.05) is 11.9 Å². The average Bonchev–Trinajstić information content (AvgIpc) is 3.04. The number of carbonyl (C=O) groups is 1. The molecule has 1 aliphatic rings. The van der Waals surface area contributed by atoms with Crippen LogP contribution in [0.1, 0.15) is 32.3 Å². The van der Waals surface area contributed by atoms with Crippen molar-refractivity contribution in [1.29, 1.82) is 0 Å². The molecule has 0 spiro atoms. The van der Waals surface area contributed by atoms with Gasteiger partial charge in [-0.25, -0.2) is 4.79 Å². The van der Waals surface area contributed by atoms with E-state index >= 15 is 8.78 Å². The molecule has 204 valence electrons. The van der Waals surface area contributed by atoms with Gasteiger partial charge in [0.05, 0.1) is 5.54 Å². The number of carbonyl (C=O) groups excluding carboxylic acids is 1. The lowest BCUT2D eigenvalue weighted by molar-refractivity contribution is -0.399. The Morgan fingerprint density at radius 1 is 0.919 bits per heavy atom. The maximum atomic E-state index is 15.1. The number of nitrogens with one attached hydrogen (secondary N) is 1. The van der Waals surface area contributed by atoms with Gasteiger partial charge in [0, 0.05) is 23.1 Å². The molecule has 2 aromatic carbocycles. The topological polar surface area (TPSA) is 32.3 Å². The number of urea groups is 1. The Morgan fingerprint density at radius 3 is 2.05 bits per heavy atom. The minimum atomic E-state index is -7.03. The first-order valence-electron chi connectivity index (χ1n) is 10.9. The number of benzene rings is 2. The Labute approximate surface area is 215 Å². The maximum absolute atomic E-state index is 15.1. The van der Waals surface area contributed by atoms with Crippen molar-refractivity contribution in [3.05, 3.63) is 64.6 Å². The normalized spacial score (nSPS) is 20.7. The Morgan fingerprint density at radius 2 is 1.51 bits per heavy atom. The van der Waals surface area contributed by atoms with E-state index in [-0.39, 0.29) is 17.8 Å². The van der Waals surface area contributed by atoms with Crippen molar-refractivity contribution < 1.29 is 44.3 Å². The van der Waals surface area contributed by atoms with E-state index in [9.17, 15) is 35.5 Å². The highest BCUT2D eigenvalue weighted by Gasteiger charge is 2.82. The molecule has 1 fully saturated rings.